The quantitative estimate of drug-likeness (QED) is 0.371. The highest BCUT2D eigenvalue weighted by molar-refractivity contribution is 7.99. The molecule has 6 nitrogen and oxygen atoms in total. The van der Waals surface area contributed by atoms with Crippen molar-refractivity contribution in [3.05, 3.63) is 78.9 Å². The van der Waals surface area contributed by atoms with Gasteiger partial charge in [0.05, 0.1) is 11.2 Å². The van der Waals surface area contributed by atoms with Crippen molar-refractivity contribution in [2.24, 2.45) is 0 Å². The van der Waals surface area contributed by atoms with Crippen molar-refractivity contribution in [1.82, 2.24) is 24.3 Å². The molecule has 0 amide bonds. The van der Waals surface area contributed by atoms with E-state index in [1.807, 2.05) is 36.2 Å². The lowest BCUT2D eigenvalue weighted by atomic mass is 9.79. The minimum absolute atomic E-state index is 0.442. The van der Waals surface area contributed by atoms with Gasteiger partial charge in [-0.3, -0.25) is 9.30 Å². The van der Waals surface area contributed by atoms with Crippen LogP contribution in [0.1, 0.15) is 24.6 Å². The van der Waals surface area contributed by atoms with Crippen LogP contribution in [0.3, 0.4) is 0 Å². The van der Waals surface area contributed by atoms with Crippen molar-refractivity contribution in [1.29, 1.82) is 0 Å². The van der Waals surface area contributed by atoms with Crippen LogP contribution in [0.25, 0.3) is 38.9 Å². The van der Waals surface area contributed by atoms with Gasteiger partial charge < -0.3 is 5.73 Å². The number of fused-ring (bicyclic) bond motifs is 2. The summed E-state index contributed by atoms with van der Waals surface area (Å²) in [6, 6.07) is 21.5. The van der Waals surface area contributed by atoms with Crippen LogP contribution in [0.4, 0.5) is 5.82 Å². The minimum Gasteiger partial charge on any atom is -0.382 e. The van der Waals surface area contributed by atoms with Gasteiger partial charge in [0.2, 0.25) is 0 Å². The molecule has 1 saturated carbocycles. The molecule has 1 saturated heterocycles. The molecule has 4 heterocycles. The third-order valence-corrected chi connectivity index (χ3v) is 8.41. The first-order valence-corrected chi connectivity index (χ1v) is 13.3. The standard InChI is InChI=1S/C28H26N6S/c29-27-26-25(20-7-6-19-8-9-23(31-24(19)16-20)18-4-2-1-3-5-18)32-28(34(26)11-10-30-27)21-14-22(15-21)33-12-13-35-17-33/h1-11,16,21-22H,12-15,17H2,(H2,29,30). The summed E-state index contributed by atoms with van der Waals surface area (Å²) >= 11 is 2.04. The Morgan fingerprint density at radius 3 is 2.63 bits per heavy atom. The van der Waals surface area contributed by atoms with Gasteiger partial charge in [-0.1, -0.05) is 48.5 Å². The van der Waals surface area contributed by atoms with Gasteiger partial charge in [0.15, 0.2) is 0 Å². The van der Waals surface area contributed by atoms with E-state index in [-0.39, 0.29) is 0 Å². The molecule has 5 aromatic rings. The summed E-state index contributed by atoms with van der Waals surface area (Å²) < 4.78 is 2.16. The Morgan fingerprint density at radius 2 is 1.80 bits per heavy atom. The largest absolute Gasteiger partial charge is 0.382 e. The van der Waals surface area contributed by atoms with Gasteiger partial charge in [0, 0.05) is 59.0 Å². The molecule has 2 aromatic carbocycles. The van der Waals surface area contributed by atoms with Gasteiger partial charge in [-0.05, 0) is 25.0 Å². The Morgan fingerprint density at radius 1 is 0.943 bits per heavy atom. The molecule has 2 aliphatic rings. The van der Waals surface area contributed by atoms with Gasteiger partial charge in [0.25, 0.3) is 0 Å². The van der Waals surface area contributed by atoms with E-state index < -0.39 is 0 Å². The van der Waals surface area contributed by atoms with Gasteiger partial charge in [-0.15, -0.1) is 11.8 Å². The van der Waals surface area contributed by atoms with Gasteiger partial charge >= 0.3 is 0 Å². The monoisotopic (exact) mass is 478 g/mol. The molecule has 35 heavy (non-hydrogen) atoms. The molecule has 7 heteroatoms. The first-order valence-electron chi connectivity index (χ1n) is 12.2. The lowest BCUT2D eigenvalue weighted by Crippen LogP contribution is -2.42. The summed E-state index contributed by atoms with van der Waals surface area (Å²) in [5.41, 5.74) is 12.2. The molecular formula is C28H26N6S. The number of nitrogen functional groups attached to an aromatic ring is 1. The predicted octanol–water partition coefficient (Wildman–Crippen LogP) is 5.45. The Labute approximate surface area is 208 Å². The number of imidazole rings is 1. The van der Waals surface area contributed by atoms with Gasteiger partial charge in [0.1, 0.15) is 22.9 Å². The number of nitrogens with two attached hydrogens (primary N) is 1. The molecule has 174 valence electrons. The highest BCUT2D eigenvalue weighted by Gasteiger charge is 2.38. The summed E-state index contributed by atoms with van der Waals surface area (Å²) in [6.45, 7) is 1.21. The zero-order valence-electron chi connectivity index (χ0n) is 19.3. The number of pyridine rings is 1. The molecule has 0 unspecified atom stereocenters. The molecule has 1 aliphatic heterocycles. The molecule has 0 spiro atoms. The Bertz CT molecular complexity index is 1530. The maximum atomic E-state index is 6.41. The Hall–Kier alpha value is -3.42. The van der Waals surface area contributed by atoms with E-state index in [0.29, 0.717) is 17.8 Å². The number of thioether (sulfide) groups is 1. The molecule has 3 aromatic heterocycles. The number of aromatic nitrogens is 4. The van der Waals surface area contributed by atoms with E-state index in [9.17, 15) is 0 Å². The first-order chi connectivity index (χ1) is 17.2. The summed E-state index contributed by atoms with van der Waals surface area (Å²) in [5.74, 6) is 4.47. The number of benzene rings is 2. The molecular weight excluding hydrogens is 452 g/mol. The SMILES string of the molecule is Nc1nccn2c(C3CC(N4CCSC4)C3)nc(-c3ccc4ccc(-c5ccccc5)nc4c3)c12. The van der Waals surface area contributed by atoms with E-state index in [0.717, 1.165) is 63.5 Å². The minimum atomic E-state index is 0.442. The maximum Gasteiger partial charge on any atom is 0.150 e. The summed E-state index contributed by atoms with van der Waals surface area (Å²) in [7, 11) is 0. The number of rotatable bonds is 4. The maximum absolute atomic E-state index is 6.41. The first kappa shape index (κ1) is 20.9. The lowest BCUT2D eigenvalue weighted by Gasteiger charge is -2.40. The molecule has 2 N–H and O–H groups in total. The number of hydrogen-bond acceptors (Lipinski definition) is 6. The van der Waals surface area contributed by atoms with Crippen LogP contribution in [0.15, 0.2) is 73.1 Å². The van der Waals surface area contributed by atoms with Crippen molar-refractivity contribution in [2.75, 3.05) is 23.9 Å². The van der Waals surface area contributed by atoms with Crippen LogP contribution in [0, 0.1) is 0 Å². The highest BCUT2D eigenvalue weighted by Crippen LogP contribution is 2.43. The second-order valence-electron chi connectivity index (χ2n) is 9.49. The topological polar surface area (TPSA) is 72.3 Å². The molecule has 0 radical (unpaired) electrons. The average Bonchev–Trinajstić information content (AvgIpc) is 3.53. The van der Waals surface area contributed by atoms with Crippen molar-refractivity contribution in [2.45, 2.75) is 24.8 Å². The fourth-order valence-electron chi connectivity index (χ4n) is 5.42. The molecule has 2 fully saturated rings. The molecule has 0 atom stereocenters. The summed E-state index contributed by atoms with van der Waals surface area (Å²) in [4.78, 5) is 17.2. The fraction of sp³-hybridized carbons (Fsp3) is 0.250. The lowest BCUT2D eigenvalue weighted by molar-refractivity contribution is 0.140. The molecule has 0 bridgehead atoms. The third-order valence-electron chi connectivity index (χ3n) is 7.42. The number of anilines is 1. The second kappa shape index (κ2) is 8.36. The van der Waals surface area contributed by atoms with Crippen LogP contribution < -0.4 is 5.73 Å². The van der Waals surface area contributed by atoms with E-state index in [2.05, 4.69) is 56.7 Å². The third kappa shape index (κ3) is 3.58. The zero-order valence-corrected chi connectivity index (χ0v) is 20.2. The van der Waals surface area contributed by atoms with E-state index in [1.165, 1.54) is 12.3 Å². The molecule has 7 rings (SSSR count). The van der Waals surface area contributed by atoms with E-state index >= 15 is 0 Å². The molecule has 1 aliphatic carbocycles. The van der Waals surface area contributed by atoms with Crippen molar-refractivity contribution < 1.29 is 0 Å². The van der Waals surface area contributed by atoms with Crippen molar-refractivity contribution >= 4 is 34.0 Å². The van der Waals surface area contributed by atoms with E-state index in [4.69, 9.17) is 15.7 Å². The van der Waals surface area contributed by atoms with Gasteiger partial charge in [-0.25, -0.2) is 15.0 Å². The van der Waals surface area contributed by atoms with Crippen LogP contribution in [-0.4, -0.2) is 48.5 Å². The van der Waals surface area contributed by atoms with Crippen LogP contribution >= 0.6 is 11.8 Å². The second-order valence-corrected chi connectivity index (χ2v) is 10.6. The van der Waals surface area contributed by atoms with Crippen LogP contribution in [-0.2, 0) is 0 Å². The summed E-state index contributed by atoms with van der Waals surface area (Å²) in [5, 5.41) is 1.11. The predicted molar refractivity (Wildman–Crippen MR) is 143 cm³/mol. The Balaban J connectivity index is 1.29. The van der Waals surface area contributed by atoms with Crippen LogP contribution in [0.2, 0.25) is 0 Å². The van der Waals surface area contributed by atoms with Crippen molar-refractivity contribution in [3.63, 3.8) is 0 Å². The fourth-order valence-corrected chi connectivity index (χ4v) is 6.49. The van der Waals surface area contributed by atoms with Gasteiger partial charge in [-0.2, -0.15) is 0 Å². The van der Waals surface area contributed by atoms with Crippen LogP contribution in [0.5, 0.6) is 0 Å². The summed E-state index contributed by atoms with van der Waals surface area (Å²) in [6.07, 6.45) is 6.09. The average molecular weight is 479 g/mol. The zero-order chi connectivity index (χ0) is 23.4. The number of hydrogen-bond donors (Lipinski definition) is 1. The normalized spacial score (nSPS) is 20.5. The van der Waals surface area contributed by atoms with Crippen molar-refractivity contribution in [3.8, 4) is 22.5 Å². The number of nitrogens with zero attached hydrogens (tertiary/aromatic N) is 5. The Kier molecular flexibility index (Phi) is 4.99. The smallest absolute Gasteiger partial charge is 0.150 e. The highest BCUT2D eigenvalue weighted by atomic mass is 32.2. The van der Waals surface area contributed by atoms with E-state index in [1.54, 1.807) is 6.20 Å².